The summed E-state index contributed by atoms with van der Waals surface area (Å²) in [5, 5.41) is 0. The van der Waals surface area contributed by atoms with Gasteiger partial charge in [-0.25, -0.2) is 0 Å². The molecule has 0 spiro atoms. The first-order valence-electron chi connectivity index (χ1n) is 3.03. The maximum Gasteiger partial charge on any atom is 0.0287 e. The van der Waals surface area contributed by atoms with Crippen LogP contribution < -0.4 is 0 Å². The third-order valence-corrected chi connectivity index (χ3v) is 1.09. The van der Waals surface area contributed by atoms with Crippen LogP contribution in [0.5, 0.6) is 0 Å². The first-order valence-corrected chi connectivity index (χ1v) is 3.03. The molecule has 1 heteroatoms. The van der Waals surface area contributed by atoms with Crippen molar-refractivity contribution >= 4 is 0 Å². The highest BCUT2D eigenvalue weighted by atomic mass is 14.7. The van der Waals surface area contributed by atoms with Crippen molar-refractivity contribution in [1.29, 1.82) is 0 Å². The van der Waals surface area contributed by atoms with E-state index in [1.54, 1.807) is 0 Å². The number of aromatic nitrogens is 1. The van der Waals surface area contributed by atoms with Crippen molar-refractivity contribution in [1.82, 2.24) is 4.98 Å². The van der Waals surface area contributed by atoms with Crippen molar-refractivity contribution in [2.45, 2.75) is 6.92 Å². The van der Waals surface area contributed by atoms with Gasteiger partial charge in [0.1, 0.15) is 0 Å². The summed E-state index contributed by atoms with van der Waals surface area (Å²) in [7, 11) is 0. The van der Waals surface area contributed by atoms with Crippen molar-refractivity contribution < 1.29 is 0 Å². The van der Waals surface area contributed by atoms with Gasteiger partial charge in [0, 0.05) is 18.3 Å². The average molecular weight is 120 g/mol. The summed E-state index contributed by atoms with van der Waals surface area (Å²) in [5.41, 5.74) is 1.15. The van der Waals surface area contributed by atoms with E-state index >= 15 is 0 Å². The molecular weight excluding hydrogens is 110 g/mol. The number of rotatable bonds is 2. The second-order valence-corrected chi connectivity index (χ2v) is 1.82. The molecule has 1 N–H and O–H groups in total. The van der Waals surface area contributed by atoms with Crippen LogP contribution in [0.15, 0.2) is 30.5 Å². The van der Waals surface area contributed by atoms with Crippen molar-refractivity contribution in [2.24, 2.45) is 0 Å². The molecule has 0 fully saturated rings. The highest BCUT2D eigenvalue weighted by Crippen LogP contribution is 1.97. The van der Waals surface area contributed by atoms with Crippen molar-refractivity contribution in [3.63, 3.8) is 0 Å². The first-order chi connectivity index (χ1) is 4.43. The average Bonchev–Trinajstić information content (AvgIpc) is 2.34. The van der Waals surface area contributed by atoms with E-state index in [0.717, 1.165) is 5.69 Å². The molecule has 0 atom stereocenters. The monoisotopic (exact) mass is 120 g/mol. The van der Waals surface area contributed by atoms with Crippen LogP contribution in [0.25, 0.3) is 0 Å². The van der Waals surface area contributed by atoms with Crippen molar-refractivity contribution in [3.8, 4) is 0 Å². The Hall–Kier alpha value is -0.980. The van der Waals surface area contributed by atoms with Gasteiger partial charge in [0.2, 0.25) is 0 Å². The van der Waals surface area contributed by atoms with E-state index < -0.39 is 0 Å². The molecule has 0 amide bonds. The second-order valence-electron chi connectivity index (χ2n) is 1.82. The fourth-order valence-corrected chi connectivity index (χ4v) is 0.648. The minimum absolute atomic E-state index is 1.15. The van der Waals surface area contributed by atoms with Gasteiger partial charge in [-0.3, -0.25) is 0 Å². The van der Waals surface area contributed by atoms with E-state index in [4.69, 9.17) is 0 Å². The van der Waals surface area contributed by atoms with Gasteiger partial charge in [0.05, 0.1) is 0 Å². The van der Waals surface area contributed by atoms with Crippen LogP contribution in [-0.4, -0.2) is 4.98 Å². The molecule has 9 heavy (non-hydrogen) atoms. The van der Waals surface area contributed by atoms with Crippen LogP contribution in [0.2, 0.25) is 0 Å². The highest BCUT2D eigenvalue weighted by Gasteiger charge is 1.84. The molecule has 0 aliphatic heterocycles. The Balaban J connectivity index is 2.48. The lowest BCUT2D eigenvalue weighted by Crippen LogP contribution is -1.73. The zero-order chi connectivity index (χ0) is 6.53. The fraction of sp³-hybridized carbons (Fsp3) is 0.125. The standard InChI is InChI=1S/C8H10N/c1-2-3-5-8-6-4-7-9-8/h2-7,9H,1H3/b3-2+. The lowest BCUT2D eigenvalue weighted by Gasteiger charge is -1.84. The maximum absolute atomic E-state index is 3.07. The third kappa shape index (κ3) is 1.76. The Bertz CT molecular complexity index is 172. The topological polar surface area (TPSA) is 15.8 Å². The predicted octanol–water partition coefficient (Wildman–Crippen LogP) is 2.14. The first kappa shape index (κ1) is 6.14. The summed E-state index contributed by atoms with van der Waals surface area (Å²) in [5.74, 6) is 0. The minimum atomic E-state index is 1.15. The van der Waals surface area contributed by atoms with E-state index in [2.05, 4.69) is 4.98 Å². The van der Waals surface area contributed by atoms with Crippen molar-refractivity contribution in [2.75, 3.05) is 0 Å². The van der Waals surface area contributed by atoms with Gasteiger partial charge < -0.3 is 4.98 Å². The maximum atomic E-state index is 3.07. The lowest BCUT2D eigenvalue weighted by atomic mass is 10.3. The van der Waals surface area contributed by atoms with E-state index in [1.807, 2.05) is 43.8 Å². The molecule has 0 aliphatic carbocycles. The molecule has 1 nitrogen and oxygen atoms in total. The molecular formula is C8H10N. The summed E-state index contributed by atoms with van der Waals surface area (Å²) >= 11 is 0. The number of H-pyrrole nitrogens is 1. The van der Waals surface area contributed by atoms with E-state index in [0.29, 0.717) is 0 Å². The molecule has 1 aromatic heterocycles. The molecule has 0 saturated heterocycles. The summed E-state index contributed by atoms with van der Waals surface area (Å²) in [4.78, 5) is 3.07. The minimum Gasteiger partial charge on any atom is -0.364 e. The third-order valence-electron chi connectivity index (χ3n) is 1.09. The van der Waals surface area contributed by atoms with Gasteiger partial charge in [0.25, 0.3) is 0 Å². The number of hydrogen-bond acceptors (Lipinski definition) is 0. The molecule has 0 saturated carbocycles. The fourth-order valence-electron chi connectivity index (χ4n) is 0.648. The van der Waals surface area contributed by atoms with E-state index in [9.17, 15) is 0 Å². The molecule has 0 unspecified atom stereocenters. The number of hydrogen-bond donors (Lipinski definition) is 1. The largest absolute Gasteiger partial charge is 0.364 e. The Kier molecular flexibility index (Phi) is 2.13. The van der Waals surface area contributed by atoms with Crippen molar-refractivity contribution in [3.05, 3.63) is 42.6 Å². The number of allylic oxidation sites excluding steroid dienone is 2. The molecule has 47 valence electrons. The highest BCUT2D eigenvalue weighted by molar-refractivity contribution is 5.19. The quantitative estimate of drug-likeness (QED) is 0.615. The van der Waals surface area contributed by atoms with Gasteiger partial charge in [-0.2, -0.15) is 0 Å². The van der Waals surface area contributed by atoms with Crippen LogP contribution in [0.1, 0.15) is 12.6 Å². The number of nitrogens with one attached hydrogen (secondary N) is 1. The summed E-state index contributed by atoms with van der Waals surface area (Å²) < 4.78 is 0. The molecule has 0 aromatic carbocycles. The van der Waals surface area contributed by atoms with Crippen LogP contribution >= 0.6 is 0 Å². The zero-order valence-corrected chi connectivity index (χ0v) is 5.46. The Labute approximate surface area is 55.4 Å². The Morgan fingerprint density at radius 1 is 1.56 bits per heavy atom. The molecule has 1 heterocycles. The van der Waals surface area contributed by atoms with Gasteiger partial charge in [0.15, 0.2) is 0 Å². The Morgan fingerprint density at radius 2 is 2.44 bits per heavy atom. The van der Waals surface area contributed by atoms with Gasteiger partial charge in [-0.1, -0.05) is 12.2 Å². The summed E-state index contributed by atoms with van der Waals surface area (Å²) in [6, 6.07) is 4.01. The lowest BCUT2D eigenvalue weighted by molar-refractivity contribution is 1.30. The van der Waals surface area contributed by atoms with Crippen LogP contribution in [0.3, 0.4) is 0 Å². The molecule has 1 aromatic rings. The van der Waals surface area contributed by atoms with Gasteiger partial charge in [-0.15, -0.1) is 0 Å². The van der Waals surface area contributed by atoms with E-state index in [-0.39, 0.29) is 0 Å². The summed E-state index contributed by atoms with van der Waals surface area (Å²) in [6.07, 6.45) is 7.95. The molecule has 0 aliphatic rings. The Morgan fingerprint density at radius 3 is 3.00 bits per heavy atom. The van der Waals surface area contributed by atoms with E-state index in [1.165, 1.54) is 0 Å². The predicted molar refractivity (Wildman–Crippen MR) is 39.0 cm³/mol. The van der Waals surface area contributed by atoms with Crippen LogP contribution in [0, 0.1) is 6.42 Å². The molecule has 0 bridgehead atoms. The van der Waals surface area contributed by atoms with Gasteiger partial charge >= 0.3 is 0 Å². The zero-order valence-electron chi connectivity index (χ0n) is 5.46. The van der Waals surface area contributed by atoms with Crippen LogP contribution in [-0.2, 0) is 0 Å². The van der Waals surface area contributed by atoms with Crippen LogP contribution in [0.4, 0.5) is 0 Å². The normalized spacial score (nSPS) is 10.8. The summed E-state index contributed by atoms with van der Waals surface area (Å²) in [6.45, 7) is 2.00. The second kappa shape index (κ2) is 3.13. The molecule has 1 radical (unpaired) electrons. The van der Waals surface area contributed by atoms with Gasteiger partial charge in [-0.05, 0) is 19.1 Å². The SMILES string of the molecule is C/C=C/[CH]c1ccc[nH]1. The smallest absolute Gasteiger partial charge is 0.0287 e. The molecule has 1 rings (SSSR count). The number of aromatic amines is 1.